The van der Waals surface area contributed by atoms with Gasteiger partial charge in [0.25, 0.3) is 0 Å². The number of carboxylic acids is 1. The number of aromatic nitrogens is 3. The summed E-state index contributed by atoms with van der Waals surface area (Å²) in [6.45, 7) is 3.88. The van der Waals surface area contributed by atoms with Crippen molar-refractivity contribution in [2.75, 3.05) is 0 Å². The Bertz CT molecular complexity index is 904. The van der Waals surface area contributed by atoms with Crippen LogP contribution < -0.4 is 0 Å². The first kappa shape index (κ1) is 15.8. The lowest BCUT2D eigenvalue weighted by molar-refractivity contribution is 0.0698. The lowest BCUT2D eigenvalue weighted by Gasteiger charge is -2.14. The Morgan fingerprint density at radius 1 is 1.26 bits per heavy atom. The molecule has 3 aromatic heterocycles. The quantitative estimate of drug-likeness (QED) is 0.762. The van der Waals surface area contributed by atoms with E-state index in [0.29, 0.717) is 11.0 Å². The lowest BCUT2D eigenvalue weighted by Crippen LogP contribution is -2.08. The Labute approximate surface area is 142 Å². The third-order valence-electron chi connectivity index (χ3n) is 3.74. The Morgan fingerprint density at radius 2 is 2.00 bits per heavy atom. The van der Waals surface area contributed by atoms with E-state index in [9.17, 15) is 9.90 Å². The van der Waals surface area contributed by atoms with E-state index in [1.807, 2.05) is 26.0 Å². The van der Waals surface area contributed by atoms with Gasteiger partial charge < -0.3 is 9.67 Å². The molecule has 0 saturated carbocycles. The fourth-order valence-corrected chi connectivity index (χ4v) is 2.86. The van der Waals surface area contributed by atoms with E-state index in [0.717, 1.165) is 11.3 Å². The molecule has 3 heterocycles. The van der Waals surface area contributed by atoms with Gasteiger partial charge in [0, 0.05) is 18.6 Å². The molecule has 118 valence electrons. The fourth-order valence-electron chi connectivity index (χ4n) is 2.48. The van der Waals surface area contributed by atoms with Crippen molar-refractivity contribution in [2.24, 2.45) is 0 Å². The Kier molecular flexibility index (Phi) is 4.00. The van der Waals surface area contributed by atoms with Crippen LogP contribution in [0.3, 0.4) is 0 Å². The van der Waals surface area contributed by atoms with Crippen LogP contribution in [-0.2, 0) is 0 Å². The van der Waals surface area contributed by atoms with Crippen LogP contribution >= 0.6 is 23.2 Å². The van der Waals surface area contributed by atoms with Crippen LogP contribution in [0.5, 0.6) is 0 Å². The molecule has 0 aliphatic carbocycles. The van der Waals surface area contributed by atoms with E-state index in [1.165, 1.54) is 12.4 Å². The van der Waals surface area contributed by atoms with Gasteiger partial charge in [0.05, 0.1) is 32.7 Å². The van der Waals surface area contributed by atoms with E-state index in [4.69, 9.17) is 23.2 Å². The van der Waals surface area contributed by atoms with Crippen molar-refractivity contribution < 1.29 is 9.90 Å². The molecule has 0 aliphatic heterocycles. The normalized spacial score (nSPS) is 12.5. The average Bonchev–Trinajstić information content (AvgIpc) is 2.91. The van der Waals surface area contributed by atoms with Gasteiger partial charge in [0.1, 0.15) is 5.65 Å². The van der Waals surface area contributed by atoms with Crippen molar-refractivity contribution >= 4 is 40.2 Å². The zero-order valence-corrected chi connectivity index (χ0v) is 13.9. The molecule has 0 aliphatic rings. The molecule has 0 spiro atoms. The number of carbonyl (C=O) groups is 1. The van der Waals surface area contributed by atoms with Crippen LogP contribution in [0.4, 0.5) is 0 Å². The zero-order chi connectivity index (χ0) is 16.7. The van der Waals surface area contributed by atoms with Gasteiger partial charge in [-0.1, -0.05) is 29.3 Å². The van der Waals surface area contributed by atoms with Crippen molar-refractivity contribution in [1.29, 1.82) is 0 Å². The fraction of sp³-hybridized carbons (Fsp3) is 0.188. The van der Waals surface area contributed by atoms with Crippen molar-refractivity contribution in [3.8, 4) is 0 Å². The third kappa shape index (κ3) is 2.66. The summed E-state index contributed by atoms with van der Waals surface area (Å²) >= 11 is 12.2. The standard InChI is InChI=1S/C16H13Cl2N3O2/c1-8-3-4-12(19-5-8)9(2)21-7-10(16(22)23)13-14(18)11(17)6-20-15(13)21/h3-7,9H,1-2H3,(H,22,23). The Balaban J connectivity index is 2.24. The van der Waals surface area contributed by atoms with Gasteiger partial charge >= 0.3 is 5.97 Å². The van der Waals surface area contributed by atoms with E-state index in [2.05, 4.69) is 9.97 Å². The summed E-state index contributed by atoms with van der Waals surface area (Å²) in [5.74, 6) is -1.08. The maximum atomic E-state index is 11.5. The van der Waals surface area contributed by atoms with Crippen LogP contribution in [-0.4, -0.2) is 25.6 Å². The first-order valence-electron chi connectivity index (χ1n) is 6.90. The number of aryl methyl sites for hydroxylation is 1. The van der Waals surface area contributed by atoms with Crippen LogP contribution in [0.15, 0.2) is 30.7 Å². The molecule has 3 rings (SSSR count). The van der Waals surface area contributed by atoms with E-state index < -0.39 is 5.97 Å². The molecule has 0 fully saturated rings. The molecule has 1 atom stereocenters. The minimum atomic E-state index is -1.08. The summed E-state index contributed by atoms with van der Waals surface area (Å²) < 4.78 is 1.75. The minimum absolute atomic E-state index is 0.0685. The summed E-state index contributed by atoms with van der Waals surface area (Å²) in [6, 6.07) is 3.67. The van der Waals surface area contributed by atoms with E-state index in [-0.39, 0.29) is 21.7 Å². The highest BCUT2D eigenvalue weighted by molar-refractivity contribution is 6.45. The molecule has 1 N–H and O–H groups in total. The topological polar surface area (TPSA) is 68.0 Å². The van der Waals surface area contributed by atoms with Crippen LogP contribution in [0.2, 0.25) is 10.0 Å². The van der Waals surface area contributed by atoms with Gasteiger partial charge in [0.2, 0.25) is 0 Å². The maximum absolute atomic E-state index is 11.5. The number of hydrogen-bond acceptors (Lipinski definition) is 3. The van der Waals surface area contributed by atoms with Gasteiger partial charge in [-0.25, -0.2) is 9.78 Å². The highest BCUT2D eigenvalue weighted by Crippen LogP contribution is 2.35. The molecule has 1 unspecified atom stereocenters. The summed E-state index contributed by atoms with van der Waals surface area (Å²) in [7, 11) is 0. The predicted octanol–water partition coefficient (Wildman–Crippen LogP) is 4.35. The molecule has 3 aromatic rings. The number of fused-ring (bicyclic) bond motifs is 1. The molecule has 7 heteroatoms. The van der Waals surface area contributed by atoms with Crippen LogP contribution in [0, 0.1) is 6.92 Å². The van der Waals surface area contributed by atoms with Crippen molar-refractivity contribution in [2.45, 2.75) is 19.9 Å². The highest BCUT2D eigenvalue weighted by Gasteiger charge is 2.22. The lowest BCUT2D eigenvalue weighted by atomic mass is 10.2. The maximum Gasteiger partial charge on any atom is 0.337 e. The minimum Gasteiger partial charge on any atom is -0.478 e. The monoisotopic (exact) mass is 349 g/mol. The smallest absolute Gasteiger partial charge is 0.337 e. The second kappa shape index (κ2) is 5.83. The molecule has 0 aromatic carbocycles. The van der Waals surface area contributed by atoms with Crippen LogP contribution in [0.1, 0.15) is 34.6 Å². The zero-order valence-electron chi connectivity index (χ0n) is 12.4. The van der Waals surface area contributed by atoms with Crippen molar-refractivity contribution in [3.05, 3.63) is 57.6 Å². The van der Waals surface area contributed by atoms with Gasteiger partial charge in [-0.15, -0.1) is 0 Å². The molecule has 0 radical (unpaired) electrons. The largest absolute Gasteiger partial charge is 0.478 e. The number of halogens is 2. The number of pyridine rings is 2. The predicted molar refractivity (Wildman–Crippen MR) is 89.5 cm³/mol. The average molecular weight is 350 g/mol. The summed E-state index contributed by atoms with van der Waals surface area (Å²) in [6.07, 6.45) is 4.71. The molecule has 0 saturated heterocycles. The highest BCUT2D eigenvalue weighted by atomic mass is 35.5. The number of nitrogens with zero attached hydrogens (tertiary/aromatic N) is 3. The van der Waals surface area contributed by atoms with Crippen molar-refractivity contribution in [3.63, 3.8) is 0 Å². The molecular formula is C16H13Cl2N3O2. The first-order valence-corrected chi connectivity index (χ1v) is 7.66. The number of rotatable bonds is 3. The third-order valence-corrected chi connectivity index (χ3v) is 4.52. The van der Waals surface area contributed by atoms with Gasteiger partial charge in [-0.2, -0.15) is 0 Å². The summed E-state index contributed by atoms with van der Waals surface area (Å²) in [5, 5.41) is 10.2. The number of carboxylic acid groups (broad SMARTS) is 1. The summed E-state index contributed by atoms with van der Waals surface area (Å²) in [5.41, 5.74) is 2.39. The van der Waals surface area contributed by atoms with E-state index >= 15 is 0 Å². The molecule has 23 heavy (non-hydrogen) atoms. The SMILES string of the molecule is Cc1ccc(C(C)n2cc(C(=O)O)c3c(Cl)c(Cl)cnc32)nc1. The van der Waals surface area contributed by atoms with E-state index in [1.54, 1.807) is 10.8 Å². The second-order valence-corrected chi connectivity index (χ2v) is 6.10. The molecule has 0 bridgehead atoms. The molecule has 0 amide bonds. The van der Waals surface area contributed by atoms with Gasteiger partial charge in [-0.05, 0) is 25.5 Å². The molecule has 5 nitrogen and oxygen atoms in total. The first-order chi connectivity index (χ1) is 10.9. The number of hydrogen-bond donors (Lipinski definition) is 1. The number of aromatic carboxylic acids is 1. The van der Waals surface area contributed by atoms with Crippen molar-refractivity contribution in [1.82, 2.24) is 14.5 Å². The summed E-state index contributed by atoms with van der Waals surface area (Å²) in [4.78, 5) is 20.2. The Morgan fingerprint density at radius 3 is 2.61 bits per heavy atom. The van der Waals surface area contributed by atoms with Gasteiger partial charge in [-0.3, -0.25) is 4.98 Å². The molecular weight excluding hydrogens is 337 g/mol. The Hall–Kier alpha value is -2.11. The second-order valence-electron chi connectivity index (χ2n) is 5.31. The van der Waals surface area contributed by atoms with Gasteiger partial charge in [0.15, 0.2) is 0 Å². The van der Waals surface area contributed by atoms with Crippen LogP contribution in [0.25, 0.3) is 11.0 Å².